The summed E-state index contributed by atoms with van der Waals surface area (Å²) in [5.41, 5.74) is 0. The van der Waals surface area contributed by atoms with Crippen molar-refractivity contribution in [1.29, 1.82) is 0 Å². The number of hydrogen-bond donors (Lipinski definition) is 3. The highest BCUT2D eigenvalue weighted by Gasteiger charge is 2.58. The zero-order valence-electron chi connectivity index (χ0n) is 7.46. The van der Waals surface area contributed by atoms with Crippen molar-refractivity contribution in [3.8, 4) is 0 Å². The Bertz CT molecular complexity index is 287. The zero-order chi connectivity index (χ0) is 10.5. The van der Waals surface area contributed by atoms with Gasteiger partial charge in [0.15, 0.2) is 0 Å². The van der Waals surface area contributed by atoms with Crippen LogP contribution in [0.15, 0.2) is 0 Å². The van der Waals surface area contributed by atoms with Crippen molar-refractivity contribution in [2.24, 2.45) is 23.7 Å². The molecule has 14 heavy (non-hydrogen) atoms. The Morgan fingerprint density at radius 3 is 2.07 bits per heavy atom. The van der Waals surface area contributed by atoms with Gasteiger partial charge in [-0.25, -0.2) is 0 Å². The molecule has 0 aromatic rings. The number of hydrogen-bond acceptors (Lipinski definition) is 3. The molecule has 78 valence electrons. The molecule has 2 bridgehead atoms. The standard InChI is InChI=1S/C9H12O5/c10-5-2-3-1-4(5)7(9(13)14)6(3)8(11)12/h3-7,10H,1-2H2,(H,11,12)(H,13,14)/t3-,4-,5+,6-,7+/m1/s1. The molecule has 0 aromatic heterocycles. The molecule has 0 aromatic carbocycles. The highest BCUT2D eigenvalue weighted by Crippen LogP contribution is 2.52. The van der Waals surface area contributed by atoms with Crippen LogP contribution in [0.3, 0.4) is 0 Å². The summed E-state index contributed by atoms with van der Waals surface area (Å²) in [5.74, 6) is -4.37. The van der Waals surface area contributed by atoms with Gasteiger partial charge >= 0.3 is 11.9 Å². The summed E-state index contributed by atoms with van der Waals surface area (Å²) in [6, 6.07) is 0. The van der Waals surface area contributed by atoms with Crippen molar-refractivity contribution in [3.05, 3.63) is 0 Å². The molecular formula is C9H12O5. The maximum atomic E-state index is 10.9. The molecule has 2 aliphatic carbocycles. The summed E-state index contributed by atoms with van der Waals surface area (Å²) in [5, 5.41) is 27.3. The lowest BCUT2D eigenvalue weighted by Crippen LogP contribution is -2.39. The highest BCUT2D eigenvalue weighted by atomic mass is 16.4. The number of rotatable bonds is 2. The topological polar surface area (TPSA) is 94.8 Å². The van der Waals surface area contributed by atoms with Crippen LogP contribution in [0, 0.1) is 23.7 Å². The van der Waals surface area contributed by atoms with E-state index >= 15 is 0 Å². The lowest BCUT2D eigenvalue weighted by molar-refractivity contribution is -0.158. The van der Waals surface area contributed by atoms with E-state index in [2.05, 4.69) is 0 Å². The van der Waals surface area contributed by atoms with Gasteiger partial charge in [0, 0.05) is 0 Å². The van der Waals surface area contributed by atoms with Crippen molar-refractivity contribution in [2.75, 3.05) is 0 Å². The van der Waals surface area contributed by atoms with E-state index in [-0.39, 0.29) is 11.8 Å². The first-order valence-electron chi connectivity index (χ1n) is 4.66. The van der Waals surface area contributed by atoms with Crippen molar-refractivity contribution < 1.29 is 24.9 Å². The molecule has 5 heteroatoms. The first-order chi connectivity index (χ1) is 6.52. The Kier molecular flexibility index (Phi) is 1.99. The van der Waals surface area contributed by atoms with Gasteiger partial charge in [-0.2, -0.15) is 0 Å². The molecule has 0 saturated heterocycles. The van der Waals surface area contributed by atoms with Crippen LogP contribution in [0.25, 0.3) is 0 Å². The average Bonchev–Trinajstić information content (AvgIpc) is 2.58. The van der Waals surface area contributed by atoms with E-state index in [9.17, 15) is 14.7 Å². The highest BCUT2D eigenvalue weighted by molar-refractivity contribution is 5.81. The maximum absolute atomic E-state index is 10.9. The molecule has 2 rings (SSSR count). The third-order valence-corrected chi connectivity index (χ3v) is 3.54. The van der Waals surface area contributed by atoms with Gasteiger partial charge in [-0.1, -0.05) is 0 Å². The van der Waals surface area contributed by atoms with Gasteiger partial charge in [-0.15, -0.1) is 0 Å². The van der Waals surface area contributed by atoms with Crippen molar-refractivity contribution >= 4 is 11.9 Å². The van der Waals surface area contributed by atoms with Crippen molar-refractivity contribution in [3.63, 3.8) is 0 Å². The SMILES string of the molecule is O=C(O)[C@@H]1[C@@H]2C[C@@H]([C@@H]1C(=O)O)[C@@H](O)C2. The van der Waals surface area contributed by atoms with Gasteiger partial charge in [0.1, 0.15) is 0 Å². The van der Waals surface area contributed by atoms with Gasteiger partial charge in [0.2, 0.25) is 0 Å². The summed E-state index contributed by atoms with van der Waals surface area (Å²) in [6.45, 7) is 0. The number of fused-ring (bicyclic) bond motifs is 2. The largest absolute Gasteiger partial charge is 0.481 e. The molecule has 0 heterocycles. The first-order valence-corrected chi connectivity index (χ1v) is 4.66. The van der Waals surface area contributed by atoms with Crippen molar-refractivity contribution in [1.82, 2.24) is 0 Å². The van der Waals surface area contributed by atoms with Gasteiger partial charge in [0.25, 0.3) is 0 Å². The number of carboxylic acids is 2. The number of carbonyl (C=O) groups is 2. The van der Waals surface area contributed by atoms with E-state index in [1.165, 1.54) is 0 Å². The predicted molar refractivity (Wildman–Crippen MR) is 44.5 cm³/mol. The number of aliphatic hydroxyl groups is 1. The van der Waals surface area contributed by atoms with E-state index in [4.69, 9.17) is 10.2 Å². The smallest absolute Gasteiger partial charge is 0.307 e. The Balaban J connectivity index is 2.27. The maximum Gasteiger partial charge on any atom is 0.307 e. The van der Waals surface area contributed by atoms with E-state index in [1.54, 1.807) is 0 Å². The molecule has 3 N–H and O–H groups in total. The molecule has 0 aliphatic heterocycles. The fourth-order valence-electron chi connectivity index (χ4n) is 3.02. The van der Waals surface area contributed by atoms with Crippen LogP contribution in [0.4, 0.5) is 0 Å². The van der Waals surface area contributed by atoms with Crippen LogP contribution in [0.2, 0.25) is 0 Å². The van der Waals surface area contributed by atoms with Gasteiger partial charge in [-0.05, 0) is 24.7 Å². The van der Waals surface area contributed by atoms with E-state index in [0.29, 0.717) is 12.8 Å². The fraction of sp³-hybridized carbons (Fsp3) is 0.778. The molecule has 2 aliphatic rings. The lowest BCUT2D eigenvalue weighted by atomic mass is 9.78. The molecule has 2 saturated carbocycles. The first kappa shape index (κ1) is 9.45. The summed E-state index contributed by atoms with van der Waals surface area (Å²) >= 11 is 0. The molecule has 5 nitrogen and oxygen atoms in total. The minimum absolute atomic E-state index is 0.159. The van der Waals surface area contributed by atoms with Gasteiger partial charge in [-0.3, -0.25) is 9.59 Å². The van der Waals surface area contributed by atoms with Crippen LogP contribution in [-0.2, 0) is 9.59 Å². The van der Waals surface area contributed by atoms with E-state index < -0.39 is 29.9 Å². The van der Waals surface area contributed by atoms with E-state index in [0.717, 1.165) is 0 Å². The summed E-state index contributed by atoms with van der Waals surface area (Å²) in [4.78, 5) is 21.7. The second kappa shape index (κ2) is 2.95. The minimum Gasteiger partial charge on any atom is -0.481 e. The van der Waals surface area contributed by atoms with Crippen LogP contribution < -0.4 is 0 Å². The quantitative estimate of drug-likeness (QED) is 0.573. The molecule has 5 atom stereocenters. The number of carboxylic acid groups (broad SMARTS) is 2. The van der Waals surface area contributed by atoms with Crippen LogP contribution in [0.5, 0.6) is 0 Å². The Morgan fingerprint density at radius 1 is 1.00 bits per heavy atom. The molecule has 0 unspecified atom stereocenters. The number of aliphatic carboxylic acids is 2. The summed E-state index contributed by atoms with van der Waals surface area (Å²) in [7, 11) is 0. The predicted octanol–water partition coefficient (Wildman–Crippen LogP) is -0.211. The van der Waals surface area contributed by atoms with E-state index in [1.807, 2.05) is 0 Å². The normalized spacial score (nSPS) is 45.4. The van der Waals surface area contributed by atoms with Crippen LogP contribution in [0.1, 0.15) is 12.8 Å². The van der Waals surface area contributed by atoms with Gasteiger partial charge < -0.3 is 15.3 Å². The minimum atomic E-state index is -1.09. The number of aliphatic hydroxyl groups excluding tert-OH is 1. The molecule has 0 spiro atoms. The lowest BCUT2D eigenvalue weighted by Gasteiger charge is -2.27. The summed E-state index contributed by atoms with van der Waals surface area (Å²) in [6.07, 6.45) is 0.345. The Hall–Kier alpha value is -1.10. The third-order valence-electron chi connectivity index (χ3n) is 3.54. The monoisotopic (exact) mass is 200 g/mol. The molecule has 0 amide bonds. The fourth-order valence-corrected chi connectivity index (χ4v) is 3.02. The zero-order valence-corrected chi connectivity index (χ0v) is 7.46. The molecule has 2 fully saturated rings. The van der Waals surface area contributed by atoms with Gasteiger partial charge in [0.05, 0.1) is 17.9 Å². The summed E-state index contributed by atoms with van der Waals surface area (Å²) < 4.78 is 0. The Labute approximate surface area is 80.4 Å². The molecular weight excluding hydrogens is 188 g/mol. The second-order valence-electron chi connectivity index (χ2n) is 4.19. The van der Waals surface area contributed by atoms with Crippen molar-refractivity contribution in [2.45, 2.75) is 18.9 Å². The third kappa shape index (κ3) is 1.12. The average molecular weight is 200 g/mol. The molecule has 0 radical (unpaired) electrons. The van der Waals surface area contributed by atoms with Crippen LogP contribution >= 0.6 is 0 Å². The Morgan fingerprint density at radius 2 is 1.57 bits per heavy atom. The second-order valence-corrected chi connectivity index (χ2v) is 4.19. The van der Waals surface area contributed by atoms with Crippen LogP contribution in [-0.4, -0.2) is 33.4 Å².